The van der Waals surface area contributed by atoms with Crippen molar-refractivity contribution in [2.24, 2.45) is 0 Å². The average molecular weight is 364 g/mol. The summed E-state index contributed by atoms with van der Waals surface area (Å²) in [6.07, 6.45) is 1.91. The number of carbonyl (C=O) groups excluding carboxylic acids is 2. The Kier molecular flexibility index (Phi) is 3.61. The zero-order chi connectivity index (χ0) is 15.0. The predicted octanol–water partition coefficient (Wildman–Crippen LogP) is 4.03. The molecule has 0 bridgehead atoms. The van der Waals surface area contributed by atoms with Crippen molar-refractivity contribution in [1.29, 1.82) is 0 Å². The minimum Gasteiger partial charge on any atom is -0.351 e. The van der Waals surface area contributed by atoms with Gasteiger partial charge in [0.15, 0.2) is 6.29 Å². The Morgan fingerprint density at radius 2 is 2.10 bits per heavy atom. The maximum absolute atomic E-state index is 11.9. The molecule has 0 saturated carbocycles. The van der Waals surface area contributed by atoms with Crippen LogP contribution in [0.2, 0.25) is 5.02 Å². The second-order valence-electron chi connectivity index (χ2n) is 4.36. The Morgan fingerprint density at radius 3 is 2.76 bits per heavy atom. The zero-order valence-electron chi connectivity index (χ0n) is 10.6. The molecular weight excluding hydrogens is 356 g/mol. The van der Waals surface area contributed by atoms with Crippen LogP contribution in [0.3, 0.4) is 0 Å². The first-order chi connectivity index (χ1) is 10.1. The van der Waals surface area contributed by atoms with E-state index < -0.39 is 5.78 Å². The molecule has 0 radical (unpaired) electrons. The number of nitrogens with one attached hydrogen (secondary N) is 1. The summed E-state index contributed by atoms with van der Waals surface area (Å²) in [5.41, 5.74) is 2.08. The Bertz CT molecular complexity index is 859. The molecule has 0 saturated heterocycles. The molecule has 0 aliphatic carbocycles. The molecule has 2 heterocycles. The number of rotatable bonds is 3. The van der Waals surface area contributed by atoms with Gasteiger partial charge in [-0.15, -0.1) is 0 Å². The van der Waals surface area contributed by atoms with Crippen LogP contribution >= 0.6 is 27.5 Å². The first kappa shape index (κ1) is 14.0. The summed E-state index contributed by atoms with van der Waals surface area (Å²) in [4.78, 5) is 30.0. The number of aromatic amines is 1. The summed E-state index contributed by atoms with van der Waals surface area (Å²) in [6.45, 7) is 0. The van der Waals surface area contributed by atoms with E-state index in [9.17, 15) is 9.59 Å². The van der Waals surface area contributed by atoms with Crippen LogP contribution in [0.1, 0.15) is 10.5 Å². The van der Waals surface area contributed by atoms with Crippen molar-refractivity contribution in [3.63, 3.8) is 0 Å². The smallest absolute Gasteiger partial charge is 0.242 e. The standard InChI is InChI=1S/C15H8BrClN2O2/c16-14-8(17)4-5-10-12(14)13(9-3-1-2-6-18-9)15(19-10)11(21)7-20/h1-7,19H. The summed E-state index contributed by atoms with van der Waals surface area (Å²) < 4.78 is 0.656. The van der Waals surface area contributed by atoms with Crippen LogP contribution in [0.15, 0.2) is 41.0 Å². The fourth-order valence-corrected chi connectivity index (χ4v) is 2.93. The molecule has 3 rings (SSSR count). The third kappa shape index (κ3) is 2.28. The normalized spacial score (nSPS) is 10.8. The van der Waals surface area contributed by atoms with Crippen molar-refractivity contribution in [3.8, 4) is 11.3 Å². The van der Waals surface area contributed by atoms with Crippen molar-refractivity contribution in [1.82, 2.24) is 9.97 Å². The van der Waals surface area contributed by atoms with E-state index >= 15 is 0 Å². The highest BCUT2D eigenvalue weighted by atomic mass is 79.9. The maximum Gasteiger partial charge on any atom is 0.242 e. The van der Waals surface area contributed by atoms with Crippen LogP contribution in [0.4, 0.5) is 0 Å². The van der Waals surface area contributed by atoms with Crippen LogP contribution in [0.25, 0.3) is 22.2 Å². The highest BCUT2D eigenvalue weighted by molar-refractivity contribution is 9.10. The van der Waals surface area contributed by atoms with Crippen molar-refractivity contribution in [2.45, 2.75) is 0 Å². The van der Waals surface area contributed by atoms with Crippen LogP contribution in [0, 0.1) is 0 Å². The molecule has 6 heteroatoms. The monoisotopic (exact) mass is 362 g/mol. The van der Waals surface area contributed by atoms with E-state index in [1.807, 2.05) is 6.07 Å². The van der Waals surface area contributed by atoms with Gasteiger partial charge in [-0.3, -0.25) is 14.6 Å². The first-order valence-corrected chi connectivity index (χ1v) is 7.21. The summed E-state index contributed by atoms with van der Waals surface area (Å²) in [7, 11) is 0. The molecular formula is C15H8BrClN2O2. The van der Waals surface area contributed by atoms with E-state index in [0.29, 0.717) is 26.3 Å². The van der Waals surface area contributed by atoms with Crippen molar-refractivity contribution in [2.75, 3.05) is 0 Å². The number of Topliss-reactive ketones (excluding diaryl/α,β-unsaturated/α-hetero) is 1. The van der Waals surface area contributed by atoms with Gasteiger partial charge in [-0.25, -0.2) is 0 Å². The molecule has 0 spiro atoms. The second kappa shape index (κ2) is 5.42. The highest BCUT2D eigenvalue weighted by Crippen LogP contribution is 2.39. The summed E-state index contributed by atoms with van der Waals surface area (Å²) >= 11 is 9.57. The molecule has 0 atom stereocenters. The third-order valence-electron chi connectivity index (χ3n) is 3.13. The maximum atomic E-state index is 11.9. The summed E-state index contributed by atoms with van der Waals surface area (Å²) in [5, 5.41) is 1.25. The molecule has 0 aliphatic heterocycles. The number of hydrogen-bond acceptors (Lipinski definition) is 3. The number of aldehydes is 1. The number of aromatic nitrogens is 2. The number of hydrogen-bond donors (Lipinski definition) is 1. The third-order valence-corrected chi connectivity index (χ3v) is 4.50. The zero-order valence-corrected chi connectivity index (χ0v) is 12.9. The molecule has 1 N–H and O–H groups in total. The van der Waals surface area contributed by atoms with Gasteiger partial charge in [0.1, 0.15) is 5.69 Å². The molecule has 104 valence electrons. The molecule has 0 amide bonds. The molecule has 3 aromatic rings. The van der Waals surface area contributed by atoms with E-state index in [1.165, 1.54) is 0 Å². The first-order valence-electron chi connectivity index (χ1n) is 6.04. The van der Waals surface area contributed by atoms with Gasteiger partial charge in [0, 0.05) is 27.1 Å². The van der Waals surface area contributed by atoms with Gasteiger partial charge in [-0.05, 0) is 40.2 Å². The van der Waals surface area contributed by atoms with E-state index in [-0.39, 0.29) is 12.0 Å². The van der Waals surface area contributed by atoms with E-state index in [0.717, 1.165) is 5.39 Å². The van der Waals surface area contributed by atoms with Crippen LogP contribution in [-0.4, -0.2) is 22.0 Å². The van der Waals surface area contributed by atoms with E-state index in [1.54, 1.807) is 30.5 Å². The number of carbonyl (C=O) groups is 2. The van der Waals surface area contributed by atoms with Gasteiger partial charge < -0.3 is 4.98 Å². The lowest BCUT2D eigenvalue weighted by Gasteiger charge is -2.03. The predicted molar refractivity (Wildman–Crippen MR) is 84.6 cm³/mol. The fourth-order valence-electron chi connectivity index (χ4n) is 2.23. The Balaban J connectivity index is 2.45. The molecule has 1 aromatic carbocycles. The SMILES string of the molecule is O=CC(=O)c1[nH]c2ccc(Cl)c(Br)c2c1-c1ccccn1. The summed E-state index contributed by atoms with van der Waals surface area (Å²) in [6, 6.07) is 8.84. The number of nitrogens with zero attached hydrogens (tertiary/aromatic N) is 1. The average Bonchev–Trinajstić information content (AvgIpc) is 2.91. The lowest BCUT2D eigenvalue weighted by molar-refractivity contribution is -0.104. The highest BCUT2D eigenvalue weighted by Gasteiger charge is 2.22. The van der Waals surface area contributed by atoms with Crippen molar-refractivity contribution >= 4 is 50.5 Å². The van der Waals surface area contributed by atoms with Crippen LogP contribution in [-0.2, 0) is 4.79 Å². The minimum atomic E-state index is -0.630. The number of H-pyrrole nitrogens is 1. The number of halogens is 2. The minimum absolute atomic E-state index is 0.210. The van der Waals surface area contributed by atoms with Gasteiger partial charge in [0.2, 0.25) is 5.78 Å². The van der Waals surface area contributed by atoms with Gasteiger partial charge in [-0.1, -0.05) is 17.7 Å². The van der Waals surface area contributed by atoms with Gasteiger partial charge in [0.25, 0.3) is 0 Å². The molecule has 4 nitrogen and oxygen atoms in total. The number of ketones is 1. The van der Waals surface area contributed by atoms with Gasteiger partial charge in [0.05, 0.1) is 10.7 Å². The fraction of sp³-hybridized carbons (Fsp3) is 0. The van der Waals surface area contributed by atoms with Crippen molar-refractivity contribution < 1.29 is 9.59 Å². The topological polar surface area (TPSA) is 62.8 Å². The quantitative estimate of drug-likeness (QED) is 0.434. The lowest BCUT2D eigenvalue weighted by atomic mass is 10.0. The van der Waals surface area contributed by atoms with Crippen LogP contribution < -0.4 is 0 Å². The van der Waals surface area contributed by atoms with E-state index in [4.69, 9.17) is 11.6 Å². The number of benzene rings is 1. The van der Waals surface area contributed by atoms with Gasteiger partial charge >= 0.3 is 0 Å². The Hall–Kier alpha value is -1.98. The van der Waals surface area contributed by atoms with E-state index in [2.05, 4.69) is 25.9 Å². The molecule has 0 fully saturated rings. The molecule has 2 aromatic heterocycles. The number of pyridine rings is 1. The molecule has 0 unspecified atom stereocenters. The number of fused-ring (bicyclic) bond motifs is 1. The molecule has 0 aliphatic rings. The molecule has 21 heavy (non-hydrogen) atoms. The Labute approximate surface area is 133 Å². The van der Waals surface area contributed by atoms with Gasteiger partial charge in [-0.2, -0.15) is 0 Å². The lowest BCUT2D eigenvalue weighted by Crippen LogP contribution is -2.02. The van der Waals surface area contributed by atoms with Crippen molar-refractivity contribution in [3.05, 3.63) is 51.7 Å². The largest absolute Gasteiger partial charge is 0.351 e. The van der Waals surface area contributed by atoms with Crippen LogP contribution in [0.5, 0.6) is 0 Å². The summed E-state index contributed by atoms with van der Waals surface area (Å²) in [5.74, 6) is -0.630. The second-order valence-corrected chi connectivity index (χ2v) is 5.56. The Morgan fingerprint density at radius 1 is 1.29 bits per heavy atom.